The maximum Gasteiger partial charge on any atom is 0.440 e. The fourth-order valence-corrected chi connectivity index (χ4v) is 9.65. The summed E-state index contributed by atoms with van der Waals surface area (Å²) in [6.45, 7) is 7.52. The number of hydrogen-bond donors (Lipinski definition) is 2. The summed E-state index contributed by atoms with van der Waals surface area (Å²) in [5.41, 5.74) is 3.45. The number of aliphatic hydroxyl groups excluding tert-OH is 1. The van der Waals surface area contributed by atoms with Crippen LogP contribution in [0.1, 0.15) is 43.4 Å². The summed E-state index contributed by atoms with van der Waals surface area (Å²) in [5.74, 6) is -0.0568. The van der Waals surface area contributed by atoms with Gasteiger partial charge in [0.1, 0.15) is 6.10 Å². The summed E-state index contributed by atoms with van der Waals surface area (Å²) >= 11 is 0. The second-order valence-electron chi connectivity index (χ2n) is 16.8. The maximum atomic E-state index is 14.9. The first kappa shape index (κ1) is 42.8. The molecule has 3 aliphatic heterocycles. The van der Waals surface area contributed by atoms with Crippen molar-refractivity contribution < 1.29 is 37.2 Å². The third-order valence-corrected chi connectivity index (χ3v) is 13.3. The minimum atomic E-state index is -4.17. The predicted molar refractivity (Wildman–Crippen MR) is 228 cm³/mol. The number of ether oxygens (including phenoxy) is 3. The first-order valence-corrected chi connectivity index (χ1v) is 22.0. The number of carbonyl (C=O) groups excluding carboxylic acids is 1. The van der Waals surface area contributed by atoms with Crippen molar-refractivity contribution in [1.82, 2.24) is 14.5 Å². The van der Waals surface area contributed by atoms with Crippen LogP contribution in [-0.2, 0) is 48.4 Å². The van der Waals surface area contributed by atoms with Gasteiger partial charge in [-0.05, 0) is 73.2 Å². The van der Waals surface area contributed by atoms with Crippen LogP contribution < -0.4 is 10.1 Å². The highest BCUT2D eigenvalue weighted by molar-refractivity contribution is 7.89. The molecule has 0 saturated carbocycles. The Balaban J connectivity index is 1.13. The quantitative estimate of drug-likeness (QED) is 0.0839. The molecule has 3 heterocycles. The SMILES string of the molecule is CN(B1CO1)c1cccc(S(=O)(=O)N(CC(O)C(Cc2ccccc2)NC(=O)OC2COC3OCCC23)CC(C)(C)CCN(Cc2ccccc2)Cc2ccccc2)c1. The number of sulfonamides is 1. The van der Waals surface area contributed by atoms with Gasteiger partial charge in [-0.3, -0.25) is 4.90 Å². The molecule has 0 bridgehead atoms. The number of nitrogens with one attached hydrogen (secondary N) is 1. The summed E-state index contributed by atoms with van der Waals surface area (Å²) in [5, 5.41) is 15.0. The molecule has 14 heteroatoms. The van der Waals surface area contributed by atoms with Crippen molar-refractivity contribution in [3.8, 4) is 0 Å². The number of rotatable bonds is 20. The van der Waals surface area contributed by atoms with E-state index in [1.807, 2.05) is 84.7 Å². The zero-order chi connectivity index (χ0) is 41.4. The van der Waals surface area contributed by atoms with Gasteiger partial charge in [-0.15, -0.1) is 0 Å². The fourth-order valence-electron chi connectivity index (χ4n) is 7.97. The molecule has 3 saturated heterocycles. The smallest absolute Gasteiger partial charge is 0.440 e. The van der Waals surface area contributed by atoms with Gasteiger partial charge in [-0.2, -0.15) is 4.31 Å². The van der Waals surface area contributed by atoms with Crippen LogP contribution in [0.25, 0.3) is 0 Å². The van der Waals surface area contributed by atoms with Gasteiger partial charge >= 0.3 is 13.1 Å². The molecule has 4 aromatic carbocycles. The third kappa shape index (κ3) is 11.7. The summed E-state index contributed by atoms with van der Waals surface area (Å²) in [4.78, 5) is 17.9. The fraction of sp³-hybridized carbons (Fsp3) is 0.444. The van der Waals surface area contributed by atoms with E-state index in [1.54, 1.807) is 18.2 Å². The molecule has 2 N–H and O–H groups in total. The molecule has 0 radical (unpaired) electrons. The van der Waals surface area contributed by atoms with E-state index in [0.717, 1.165) is 25.1 Å². The number of fused-ring (bicyclic) bond motifs is 1. The molecule has 0 aliphatic carbocycles. The highest BCUT2D eigenvalue weighted by atomic mass is 32.2. The molecule has 4 aromatic rings. The van der Waals surface area contributed by atoms with E-state index in [0.29, 0.717) is 31.8 Å². The number of benzene rings is 4. The lowest BCUT2D eigenvalue weighted by Gasteiger charge is -2.36. The zero-order valence-corrected chi connectivity index (χ0v) is 35.1. The maximum absolute atomic E-state index is 14.9. The molecular formula is C45H57BN4O8S. The van der Waals surface area contributed by atoms with Crippen LogP contribution in [0.4, 0.5) is 10.5 Å². The van der Waals surface area contributed by atoms with Crippen LogP contribution in [0.3, 0.4) is 0 Å². The van der Waals surface area contributed by atoms with E-state index in [9.17, 15) is 18.3 Å². The lowest BCUT2D eigenvalue weighted by atomic mass is 9.88. The monoisotopic (exact) mass is 824 g/mol. The van der Waals surface area contributed by atoms with Gasteiger partial charge in [-0.1, -0.05) is 111 Å². The van der Waals surface area contributed by atoms with Gasteiger partial charge in [0, 0.05) is 31.9 Å². The molecule has 314 valence electrons. The number of carbonyl (C=O) groups is 1. The van der Waals surface area contributed by atoms with Crippen LogP contribution >= 0.6 is 0 Å². The molecule has 5 atom stereocenters. The second-order valence-corrected chi connectivity index (χ2v) is 18.7. The first-order chi connectivity index (χ1) is 28.4. The Morgan fingerprint density at radius 3 is 2.17 bits per heavy atom. The van der Waals surface area contributed by atoms with Gasteiger partial charge in [0.05, 0.1) is 42.7 Å². The van der Waals surface area contributed by atoms with Crippen molar-refractivity contribution >= 4 is 28.9 Å². The molecule has 3 aliphatic rings. The number of anilines is 1. The van der Waals surface area contributed by atoms with Crippen molar-refractivity contribution in [3.05, 3.63) is 132 Å². The molecule has 7 rings (SSSR count). The Kier molecular flexibility index (Phi) is 14.1. The summed E-state index contributed by atoms with van der Waals surface area (Å²) in [7, 11) is -2.40. The number of hydrogen-bond acceptors (Lipinski definition) is 10. The number of alkyl carbamates (subject to hydrolysis) is 1. The molecule has 12 nitrogen and oxygen atoms in total. The van der Waals surface area contributed by atoms with Gasteiger partial charge in [0.25, 0.3) is 0 Å². The van der Waals surface area contributed by atoms with E-state index in [4.69, 9.17) is 18.9 Å². The lowest BCUT2D eigenvalue weighted by Crippen LogP contribution is -2.52. The number of nitrogens with zero attached hydrogens (tertiary/aromatic N) is 3. The number of aliphatic hydroxyl groups is 1. The highest BCUT2D eigenvalue weighted by Crippen LogP contribution is 2.33. The Bertz CT molecular complexity index is 2020. The van der Waals surface area contributed by atoms with Gasteiger partial charge < -0.3 is 34.1 Å². The van der Waals surface area contributed by atoms with Crippen molar-refractivity contribution in [2.75, 3.05) is 51.2 Å². The Morgan fingerprint density at radius 2 is 1.54 bits per heavy atom. The molecule has 59 heavy (non-hydrogen) atoms. The van der Waals surface area contributed by atoms with Crippen molar-refractivity contribution in [2.24, 2.45) is 11.3 Å². The molecule has 5 unspecified atom stereocenters. The normalized spacial score (nSPS) is 20.0. The van der Waals surface area contributed by atoms with Crippen molar-refractivity contribution in [2.45, 2.75) is 75.6 Å². The minimum absolute atomic E-state index is 0.0568. The Hall–Kier alpha value is -4.28. The van der Waals surface area contributed by atoms with E-state index in [1.165, 1.54) is 15.4 Å². The Morgan fingerprint density at radius 1 is 0.915 bits per heavy atom. The summed E-state index contributed by atoms with van der Waals surface area (Å²) in [6.07, 6.45) is -1.22. The zero-order valence-electron chi connectivity index (χ0n) is 34.3. The van der Waals surface area contributed by atoms with Gasteiger partial charge in [0.2, 0.25) is 10.0 Å². The standard InChI is InChI=1S/C45H57BN4O8S/c1-45(2,23-24-49(28-35-16-9-5-10-17-35)29-36-18-11-6-12-19-36)32-50(59(53,54)38-21-13-20-37(27-38)48(3)46-33-57-46)30-41(51)40(26-34-14-7-4-8-15-34)47-44(52)58-42-31-56-43-39(42)22-25-55-43/h4-21,27,39-43,51H,22-26,28-33H2,1-3H3,(H,47,52). The highest BCUT2D eigenvalue weighted by Gasteiger charge is 2.44. The van der Waals surface area contributed by atoms with Crippen molar-refractivity contribution in [1.29, 1.82) is 0 Å². The second kappa shape index (κ2) is 19.4. The summed E-state index contributed by atoms with van der Waals surface area (Å²) in [6, 6.07) is 36.2. The van der Waals surface area contributed by atoms with E-state index < -0.39 is 39.8 Å². The topological polar surface area (TPSA) is 133 Å². The van der Waals surface area contributed by atoms with E-state index in [-0.39, 0.29) is 50.3 Å². The number of amides is 1. The van der Waals surface area contributed by atoms with E-state index >= 15 is 0 Å². The van der Waals surface area contributed by atoms with Gasteiger partial charge in [0.15, 0.2) is 6.29 Å². The third-order valence-electron chi connectivity index (χ3n) is 11.5. The van der Waals surface area contributed by atoms with Gasteiger partial charge in [-0.25, -0.2) is 13.2 Å². The van der Waals surface area contributed by atoms with Crippen LogP contribution in [0.15, 0.2) is 120 Å². The summed E-state index contributed by atoms with van der Waals surface area (Å²) < 4.78 is 53.8. The molecule has 0 aromatic heterocycles. The van der Waals surface area contributed by atoms with Crippen LogP contribution in [0.2, 0.25) is 0 Å². The molecule has 3 fully saturated rings. The van der Waals surface area contributed by atoms with Crippen molar-refractivity contribution in [3.63, 3.8) is 0 Å². The minimum Gasteiger partial charge on any atom is -0.443 e. The average Bonchev–Trinajstić information content (AvgIpc) is 3.87. The first-order valence-electron chi connectivity index (χ1n) is 20.6. The molecule has 0 spiro atoms. The average molecular weight is 825 g/mol. The van der Waals surface area contributed by atoms with E-state index in [2.05, 4.69) is 48.3 Å². The molecular weight excluding hydrogens is 767 g/mol. The van der Waals surface area contributed by atoms with Crippen LogP contribution in [0, 0.1) is 11.3 Å². The predicted octanol–water partition coefficient (Wildman–Crippen LogP) is 5.75. The lowest BCUT2D eigenvalue weighted by molar-refractivity contribution is -0.0907. The molecule has 1 amide bonds. The van der Waals surface area contributed by atoms with Crippen LogP contribution in [-0.4, -0.2) is 107 Å². The largest absolute Gasteiger partial charge is 0.443 e. The van der Waals surface area contributed by atoms with Crippen LogP contribution in [0.5, 0.6) is 0 Å². The Labute approximate surface area is 349 Å².